The molecule has 0 bridgehead atoms. The second-order valence-electron chi connectivity index (χ2n) is 5.88. The van der Waals surface area contributed by atoms with Crippen molar-refractivity contribution in [3.8, 4) is 0 Å². The molecule has 0 saturated heterocycles. The lowest BCUT2D eigenvalue weighted by Crippen LogP contribution is -2.33. The van der Waals surface area contributed by atoms with Gasteiger partial charge in [-0.05, 0) is 38.5 Å². The van der Waals surface area contributed by atoms with Crippen molar-refractivity contribution in [2.75, 3.05) is 5.75 Å². The number of carbonyl (C=O) groups excluding carboxylic acids is 1. The van der Waals surface area contributed by atoms with E-state index in [0.717, 1.165) is 18.4 Å². The molecule has 0 aliphatic heterocycles. The summed E-state index contributed by atoms with van der Waals surface area (Å²) < 4.78 is 24.9. The normalized spacial score (nSPS) is 13.1. The number of hydrogen-bond donors (Lipinski definition) is 2. The monoisotopic (exact) mass is 384 g/mol. The van der Waals surface area contributed by atoms with Crippen LogP contribution in [0.5, 0.6) is 0 Å². The molecule has 1 atom stereocenters. The summed E-state index contributed by atoms with van der Waals surface area (Å²) in [6.07, 6.45) is 1.97. The zero-order valence-electron chi connectivity index (χ0n) is 14.7. The van der Waals surface area contributed by atoms with Gasteiger partial charge in [0.2, 0.25) is 15.9 Å². The number of aromatic nitrogens is 2. The number of hydrogen-bond acceptors (Lipinski definition) is 5. The quantitative estimate of drug-likeness (QED) is 0.678. The first-order valence-electron chi connectivity index (χ1n) is 8.21. The lowest BCUT2D eigenvalue weighted by molar-refractivity contribution is -0.119. The average molecular weight is 385 g/mol. The standard InChI is InChI=1S/C16H24N4O3S2/c1-4-6-11(3)18-15(21)10-24-16-19-13-9-12(25(17,22)23)7-8-14(13)20(16)5-2/h7-9,11H,4-6,10H2,1-3H3,(H,18,21)(H2,17,22,23)/t11-/m0/s1. The predicted octanol–water partition coefficient (Wildman–Crippen LogP) is 2.10. The second-order valence-corrected chi connectivity index (χ2v) is 8.38. The van der Waals surface area contributed by atoms with E-state index in [-0.39, 0.29) is 22.6 Å². The number of sulfonamides is 1. The molecular weight excluding hydrogens is 360 g/mol. The smallest absolute Gasteiger partial charge is 0.238 e. The molecule has 7 nitrogen and oxygen atoms in total. The van der Waals surface area contributed by atoms with E-state index in [1.54, 1.807) is 6.07 Å². The van der Waals surface area contributed by atoms with Gasteiger partial charge in [-0.3, -0.25) is 4.79 Å². The van der Waals surface area contributed by atoms with Crippen molar-refractivity contribution in [3.05, 3.63) is 18.2 Å². The van der Waals surface area contributed by atoms with Crippen molar-refractivity contribution in [2.24, 2.45) is 5.14 Å². The van der Waals surface area contributed by atoms with Crippen LogP contribution in [-0.4, -0.2) is 35.7 Å². The molecule has 1 aromatic heterocycles. The Labute approximate surface area is 152 Å². The first-order chi connectivity index (χ1) is 11.8. The summed E-state index contributed by atoms with van der Waals surface area (Å²) in [7, 11) is -3.77. The van der Waals surface area contributed by atoms with Crippen LogP contribution in [0.25, 0.3) is 11.0 Å². The molecule has 0 aliphatic rings. The number of fused-ring (bicyclic) bond motifs is 1. The van der Waals surface area contributed by atoms with Crippen LogP contribution in [0.15, 0.2) is 28.3 Å². The maximum absolute atomic E-state index is 12.0. The maximum Gasteiger partial charge on any atom is 0.238 e. The molecule has 1 aromatic carbocycles. The average Bonchev–Trinajstić information content (AvgIpc) is 2.88. The predicted molar refractivity (Wildman–Crippen MR) is 100 cm³/mol. The van der Waals surface area contributed by atoms with E-state index in [4.69, 9.17) is 5.14 Å². The van der Waals surface area contributed by atoms with Crippen LogP contribution in [0.3, 0.4) is 0 Å². The van der Waals surface area contributed by atoms with Gasteiger partial charge < -0.3 is 9.88 Å². The van der Waals surface area contributed by atoms with Crippen LogP contribution in [0.1, 0.15) is 33.6 Å². The third-order valence-corrected chi connectivity index (χ3v) is 5.68. The number of benzene rings is 1. The highest BCUT2D eigenvalue weighted by Gasteiger charge is 2.16. The van der Waals surface area contributed by atoms with E-state index in [1.165, 1.54) is 23.9 Å². The molecule has 138 valence electrons. The summed E-state index contributed by atoms with van der Waals surface area (Å²) in [4.78, 5) is 16.5. The fourth-order valence-corrected chi connectivity index (χ4v) is 4.06. The van der Waals surface area contributed by atoms with E-state index in [2.05, 4.69) is 17.2 Å². The van der Waals surface area contributed by atoms with E-state index in [9.17, 15) is 13.2 Å². The van der Waals surface area contributed by atoms with Crippen molar-refractivity contribution in [1.82, 2.24) is 14.9 Å². The number of nitrogens with two attached hydrogens (primary N) is 1. The number of rotatable bonds is 8. The number of nitrogens with zero attached hydrogens (tertiary/aromatic N) is 2. The van der Waals surface area contributed by atoms with Crippen LogP contribution >= 0.6 is 11.8 Å². The molecule has 0 radical (unpaired) electrons. The van der Waals surface area contributed by atoms with Gasteiger partial charge in [0.15, 0.2) is 5.16 Å². The molecule has 0 spiro atoms. The van der Waals surface area contributed by atoms with Crippen molar-refractivity contribution in [2.45, 2.75) is 56.3 Å². The van der Waals surface area contributed by atoms with E-state index in [1.807, 2.05) is 18.4 Å². The zero-order chi connectivity index (χ0) is 18.6. The van der Waals surface area contributed by atoms with Gasteiger partial charge in [0.1, 0.15) is 0 Å². The van der Waals surface area contributed by atoms with Crippen LogP contribution < -0.4 is 10.5 Å². The molecule has 1 heterocycles. The molecule has 25 heavy (non-hydrogen) atoms. The van der Waals surface area contributed by atoms with Crippen LogP contribution in [0.2, 0.25) is 0 Å². The Kier molecular flexibility index (Phi) is 6.47. The fourth-order valence-electron chi connectivity index (χ4n) is 2.63. The van der Waals surface area contributed by atoms with Crippen LogP contribution in [0, 0.1) is 0 Å². The Morgan fingerprint density at radius 3 is 2.72 bits per heavy atom. The molecule has 0 fully saturated rings. The highest BCUT2D eigenvalue weighted by Crippen LogP contribution is 2.25. The van der Waals surface area contributed by atoms with Gasteiger partial charge in [-0.1, -0.05) is 25.1 Å². The molecule has 3 N–H and O–H groups in total. The Morgan fingerprint density at radius 2 is 2.12 bits per heavy atom. The van der Waals surface area contributed by atoms with Gasteiger partial charge in [-0.25, -0.2) is 18.5 Å². The summed E-state index contributed by atoms with van der Waals surface area (Å²) in [5.74, 6) is 0.227. The number of thioether (sulfide) groups is 1. The highest BCUT2D eigenvalue weighted by atomic mass is 32.2. The van der Waals surface area contributed by atoms with Gasteiger partial charge in [0, 0.05) is 12.6 Å². The molecule has 9 heteroatoms. The van der Waals surface area contributed by atoms with Crippen molar-refractivity contribution in [1.29, 1.82) is 0 Å². The fraction of sp³-hybridized carbons (Fsp3) is 0.500. The lowest BCUT2D eigenvalue weighted by atomic mass is 10.2. The number of imidazole rings is 1. The second kappa shape index (κ2) is 8.20. The Bertz CT molecular complexity index is 862. The number of nitrogens with one attached hydrogen (secondary N) is 1. The van der Waals surface area contributed by atoms with Crippen molar-refractivity contribution >= 4 is 38.7 Å². The molecule has 2 aromatic rings. The largest absolute Gasteiger partial charge is 0.353 e. The summed E-state index contributed by atoms with van der Waals surface area (Å²) in [5, 5.41) is 8.82. The van der Waals surface area contributed by atoms with E-state index in [0.29, 0.717) is 17.2 Å². The first kappa shape index (κ1) is 19.7. The summed E-state index contributed by atoms with van der Waals surface area (Å²) in [6, 6.07) is 4.78. The first-order valence-corrected chi connectivity index (χ1v) is 10.7. The molecule has 0 saturated carbocycles. The number of aryl methyl sites for hydroxylation is 1. The number of amides is 1. The summed E-state index contributed by atoms with van der Waals surface area (Å²) in [5.41, 5.74) is 1.37. The highest BCUT2D eigenvalue weighted by molar-refractivity contribution is 7.99. The Hall–Kier alpha value is -1.58. The minimum atomic E-state index is -3.77. The molecule has 0 aliphatic carbocycles. The van der Waals surface area contributed by atoms with Gasteiger partial charge in [-0.15, -0.1) is 0 Å². The lowest BCUT2D eigenvalue weighted by Gasteiger charge is -2.12. The molecule has 0 unspecified atom stereocenters. The molecular formula is C16H24N4O3S2. The molecule has 2 rings (SSSR count). The number of primary sulfonamides is 1. The van der Waals surface area contributed by atoms with Gasteiger partial charge in [0.05, 0.1) is 21.7 Å². The van der Waals surface area contributed by atoms with E-state index < -0.39 is 10.0 Å². The maximum atomic E-state index is 12.0. The van der Waals surface area contributed by atoms with E-state index >= 15 is 0 Å². The van der Waals surface area contributed by atoms with Gasteiger partial charge >= 0.3 is 0 Å². The third kappa shape index (κ3) is 4.96. The van der Waals surface area contributed by atoms with Gasteiger partial charge in [0.25, 0.3) is 0 Å². The SMILES string of the molecule is CCC[C@H](C)NC(=O)CSc1nc2cc(S(N)(=O)=O)ccc2n1CC. The Morgan fingerprint density at radius 1 is 1.40 bits per heavy atom. The van der Waals surface area contributed by atoms with Gasteiger partial charge in [-0.2, -0.15) is 0 Å². The summed E-state index contributed by atoms with van der Waals surface area (Å²) in [6.45, 7) is 6.71. The van der Waals surface area contributed by atoms with Crippen LogP contribution in [-0.2, 0) is 21.4 Å². The minimum absolute atomic E-state index is 0.0310. The zero-order valence-corrected chi connectivity index (χ0v) is 16.3. The minimum Gasteiger partial charge on any atom is -0.353 e. The number of carbonyl (C=O) groups is 1. The van der Waals surface area contributed by atoms with Crippen LogP contribution in [0.4, 0.5) is 0 Å². The Balaban J connectivity index is 2.19. The third-order valence-electron chi connectivity index (χ3n) is 3.79. The summed E-state index contributed by atoms with van der Waals surface area (Å²) >= 11 is 1.34. The van der Waals surface area contributed by atoms with Crippen molar-refractivity contribution < 1.29 is 13.2 Å². The van der Waals surface area contributed by atoms with Crippen molar-refractivity contribution in [3.63, 3.8) is 0 Å². The molecule has 1 amide bonds. The topological polar surface area (TPSA) is 107 Å².